The van der Waals surface area contributed by atoms with Crippen molar-refractivity contribution in [1.29, 1.82) is 0 Å². The van der Waals surface area contributed by atoms with Gasteiger partial charge in [0, 0.05) is 10.5 Å². The number of carbonyl (C=O) groups excluding carboxylic acids is 1. The Morgan fingerprint density at radius 3 is 2.71 bits per heavy atom. The number of carbonyl (C=O) groups is 1. The molecule has 1 aromatic heterocycles. The van der Waals surface area contributed by atoms with Crippen LogP contribution in [0.2, 0.25) is 0 Å². The van der Waals surface area contributed by atoms with Crippen molar-refractivity contribution >= 4 is 33.6 Å². The number of benzene rings is 1. The van der Waals surface area contributed by atoms with Crippen LogP contribution in [0.15, 0.2) is 38.4 Å². The zero-order valence-electron chi connectivity index (χ0n) is 14.1. The molecule has 0 unspecified atom stereocenters. The second-order valence-corrected chi connectivity index (χ2v) is 7.86. The lowest BCUT2D eigenvalue weighted by molar-refractivity contribution is -0.119. The first-order valence-corrected chi connectivity index (χ1v) is 9.74. The van der Waals surface area contributed by atoms with E-state index in [-0.39, 0.29) is 17.7 Å². The van der Waals surface area contributed by atoms with Gasteiger partial charge in [0.25, 0.3) is 5.22 Å². The Labute approximate surface area is 155 Å². The maximum atomic E-state index is 12.0. The molecule has 1 heterocycles. The van der Waals surface area contributed by atoms with Gasteiger partial charge in [0.15, 0.2) is 0 Å². The SMILES string of the molecule is CC(C)CC[C@H](C)NC(=O)CSc1nnc(-c2ccccc2Br)o1. The average Bonchev–Trinajstić information content (AvgIpc) is 3.00. The summed E-state index contributed by atoms with van der Waals surface area (Å²) in [6, 6.07) is 7.82. The molecule has 0 aliphatic rings. The number of nitrogens with one attached hydrogen (secondary N) is 1. The average molecular weight is 412 g/mol. The molecule has 24 heavy (non-hydrogen) atoms. The summed E-state index contributed by atoms with van der Waals surface area (Å²) in [5, 5.41) is 11.4. The van der Waals surface area contributed by atoms with Gasteiger partial charge >= 0.3 is 0 Å². The molecule has 0 spiro atoms. The molecule has 2 aromatic rings. The van der Waals surface area contributed by atoms with Crippen LogP contribution in [0.4, 0.5) is 0 Å². The summed E-state index contributed by atoms with van der Waals surface area (Å²) in [7, 11) is 0. The van der Waals surface area contributed by atoms with E-state index in [2.05, 4.69) is 45.3 Å². The molecule has 1 aromatic carbocycles. The van der Waals surface area contributed by atoms with Gasteiger partial charge in [-0.25, -0.2) is 0 Å². The molecule has 0 aliphatic heterocycles. The summed E-state index contributed by atoms with van der Waals surface area (Å²) < 4.78 is 6.51. The highest BCUT2D eigenvalue weighted by molar-refractivity contribution is 9.10. The molecule has 0 radical (unpaired) electrons. The maximum absolute atomic E-state index is 12.0. The minimum Gasteiger partial charge on any atom is -0.411 e. The van der Waals surface area contributed by atoms with E-state index >= 15 is 0 Å². The lowest BCUT2D eigenvalue weighted by atomic mass is 10.0. The van der Waals surface area contributed by atoms with Crippen LogP contribution in [0.5, 0.6) is 0 Å². The molecule has 1 amide bonds. The van der Waals surface area contributed by atoms with E-state index in [0.29, 0.717) is 17.0 Å². The van der Waals surface area contributed by atoms with E-state index in [9.17, 15) is 4.79 Å². The number of amides is 1. The Hall–Kier alpha value is -1.34. The molecule has 5 nitrogen and oxygen atoms in total. The summed E-state index contributed by atoms with van der Waals surface area (Å²) >= 11 is 4.71. The predicted octanol–water partition coefficient (Wildman–Crippen LogP) is 4.53. The molecular formula is C17H22BrN3O2S. The number of nitrogens with zero attached hydrogens (tertiary/aromatic N) is 2. The van der Waals surface area contributed by atoms with Gasteiger partial charge < -0.3 is 9.73 Å². The fourth-order valence-corrected chi connectivity index (χ4v) is 3.14. The molecule has 2 rings (SSSR count). The van der Waals surface area contributed by atoms with Crippen molar-refractivity contribution in [2.75, 3.05) is 5.75 Å². The smallest absolute Gasteiger partial charge is 0.277 e. The van der Waals surface area contributed by atoms with Gasteiger partial charge in [0.2, 0.25) is 11.8 Å². The first kappa shape index (κ1) is 19.0. The van der Waals surface area contributed by atoms with Crippen LogP contribution in [0.3, 0.4) is 0 Å². The largest absolute Gasteiger partial charge is 0.411 e. The summed E-state index contributed by atoms with van der Waals surface area (Å²) in [6.07, 6.45) is 2.09. The van der Waals surface area contributed by atoms with Crippen molar-refractivity contribution in [2.45, 2.75) is 44.9 Å². The van der Waals surface area contributed by atoms with E-state index < -0.39 is 0 Å². The van der Waals surface area contributed by atoms with Gasteiger partial charge in [-0.3, -0.25) is 4.79 Å². The van der Waals surface area contributed by atoms with Gasteiger partial charge in [-0.1, -0.05) is 37.7 Å². The third-order valence-corrected chi connectivity index (χ3v) is 4.93. The number of aromatic nitrogens is 2. The number of hydrogen-bond donors (Lipinski definition) is 1. The second-order valence-electron chi connectivity index (χ2n) is 6.08. The van der Waals surface area contributed by atoms with Gasteiger partial charge in [-0.05, 0) is 53.7 Å². The normalized spacial score (nSPS) is 12.4. The minimum absolute atomic E-state index is 0.0168. The van der Waals surface area contributed by atoms with Crippen molar-refractivity contribution in [2.24, 2.45) is 5.92 Å². The number of rotatable bonds is 8. The second kappa shape index (κ2) is 9.22. The maximum Gasteiger partial charge on any atom is 0.277 e. The van der Waals surface area contributed by atoms with Crippen molar-refractivity contribution in [3.63, 3.8) is 0 Å². The number of halogens is 1. The molecule has 1 atom stereocenters. The Kier molecular flexibility index (Phi) is 7.30. The van der Waals surface area contributed by atoms with E-state index in [1.807, 2.05) is 31.2 Å². The molecule has 0 saturated carbocycles. The lowest BCUT2D eigenvalue weighted by Gasteiger charge is -2.14. The molecule has 130 valence electrons. The van der Waals surface area contributed by atoms with E-state index in [0.717, 1.165) is 22.9 Å². The van der Waals surface area contributed by atoms with Crippen molar-refractivity contribution < 1.29 is 9.21 Å². The molecule has 7 heteroatoms. The Morgan fingerprint density at radius 1 is 1.25 bits per heavy atom. The highest BCUT2D eigenvalue weighted by Gasteiger charge is 2.14. The van der Waals surface area contributed by atoms with Gasteiger partial charge in [-0.15, -0.1) is 10.2 Å². The highest BCUT2D eigenvalue weighted by Crippen LogP contribution is 2.28. The fourth-order valence-electron chi connectivity index (χ4n) is 2.11. The third-order valence-electron chi connectivity index (χ3n) is 3.42. The van der Waals surface area contributed by atoms with Crippen LogP contribution in [-0.2, 0) is 4.79 Å². The van der Waals surface area contributed by atoms with Crippen LogP contribution in [0.25, 0.3) is 11.5 Å². The molecule has 0 aliphatic carbocycles. The zero-order chi connectivity index (χ0) is 17.5. The molecule has 1 N–H and O–H groups in total. The monoisotopic (exact) mass is 411 g/mol. The van der Waals surface area contributed by atoms with E-state index in [1.54, 1.807) is 0 Å². The van der Waals surface area contributed by atoms with Crippen molar-refractivity contribution in [3.8, 4) is 11.5 Å². The van der Waals surface area contributed by atoms with Crippen LogP contribution < -0.4 is 5.32 Å². The lowest BCUT2D eigenvalue weighted by Crippen LogP contribution is -2.34. The van der Waals surface area contributed by atoms with Gasteiger partial charge in [0.1, 0.15) is 0 Å². The zero-order valence-corrected chi connectivity index (χ0v) is 16.5. The molecular weight excluding hydrogens is 390 g/mol. The first-order chi connectivity index (χ1) is 11.5. The third kappa shape index (κ3) is 5.94. The van der Waals surface area contributed by atoms with Gasteiger partial charge in [-0.2, -0.15) is 0 Å². The fraction of sp³-hybridized carbons (Fsp3) is 0.471. The van der Waals surface area contributed by atoms with Crippen molar-refractivity contribution in [3.05, 3.63) is 28.7 Å². The highest BCUT2D eigenvalue weighted by atomic mass is 79.9. The summed E-state index contributed by atoms with van der Waals surface area (Å²) in [6.45, 7) is 6.40. The van der Waals surface area contributed by atoms with E-state index in [1.165, 1.54) is 11.8 Å². The van der Waals surface area contributed by atoms with Crippen LogP contribution in [-0.4, -0.2) is 27.9 Å². The molecule has 0 saturated heterocycles. The quantitative estimate of drug-likeness (QED) is 0.645. The number of hydrogen-bond acceptors (Lipinski definition) is 5. The summed E-state index contributed by atoms with van der Waals surface area (Å²) in [5.41, 5.74) is 0.837. The Balaban J connectivity index is 1.83. The summed E-state index contributed by atoms with van der Waals surface area (Å²) in [4.78, 5) is 12.0. The van der Waals surface area contributed by atoms with Crippen molar-refractivity contribution in [1.82, 2.24) is 15.5 Å². The summed E-state index contributed by atoms with van der Waals surface area (Å²) in [5.74, 6) is 1.34. The minimum atomic E-state index is -0.0168. The van der Waals surface area contributed by atoms with Gasteiger partial charge in [0.05, 0.1) is 11.3 Å². The standard InChI is InChI=1S/C17H22BrN3O2S/c1-11(2)8-9-12(3)19-15(22)10-24-17-21-20-16(23-17)13-6-4-5-7-14(13)18/h4-7,11-12H,8-10H2,1-3H3,(H,19,22)/t12-/m0/s1. The molecule has 0 bridgehead atoms. The Bertz CT molecular complexity index is 675. The van der Waals surface area contributed by atoms with Crippen LogP contribution in [0, 0.1) is 5.92 Å². The topological polar surface area (TPSA) is 68.0 Å². The van der Waals surface area contributed by atoms with Crippen LogP contribution in [0.1, 0.15) is 33.6 Å². The van der Waals surface area contributed by atoms with E-state index in [4.69, 9.17) is 4.42 Å². The number of thioether (sulfide) groups is 1. The first-order valence-electron chi connectivity index (χ1n) is 7.96. The Morgan fingerprint density at radius 2 is 2.00 bits per heavy atom. The predicted molar refractivity (Wildman–Crippen MR) is 99.8 cm³/mol. The van der Waals surface area contributed by atoms with Crippen LogP contribution >= 0.6 is 27.7 Å². The molecule has 0 fully saturated rings.